The number of nitro benzene ring substituents is 1. The molecule has 1 heterocycles. The van der Waals surface area contributed by atoms with E-state index in [9.17, 15) is 10.1 Å². The molecule has 0 saturated heterocycles. The van der Waals surface area contributed by atoms with E-state index in [1.807, 2.05) is 25.1 Å². The van der Waals surface area contributed by atoms with Gasteiger partial charge in [0.25, 0.3) is 5.69 Å². The summed E-state index contributed by atoms with van der Waals surface area (Å²) in [5, 5.41) is 22.5. The van der Waals surface area contributed by atoms with Gasteiger partial charge in [-0.05, 0) is 30.5 Å². The molecule has 0 amide bonds. The van der Waals surface area contributed by atoms with Crippen LogP contribution in [0.1, 0.15) is 44.3 Å². The molecule has 0 aliphatic heterocycles. The van der Waals surface area contributed by atoms with Crippen molar-refractivity contribution in [2.75, 3.05) is 0 Å². The van der Waals surface area contributed by atoms with Crippen LogP contribution in [0, 0.1) is 16.0 Å². The van der Waals surface area contributed by atoms with Gasteiger partial charge in [-0.1, -0.05) is 44.2 Å². The van der Waals surface area contributed by atoms with Gasteiger partial charge in [0.2, 0.25) is 11.8 Å². The quantitative estimate of drug-likeness (QED) is 0.481. The molecule has 1 aromatic heterocycles. The summed E-state index contributed by atoms with van der Waals surface area (Å²) in [6, 6.07) is 16.3. The smallest absolute Gasteiger partial charge is 0.269 e. The first-order valence-corrected chi connectivity index (χ1v) is 8.85. The zero-order chi connectivity index (χ0) is 19.4. The van der Waals surface area contributed by atoms with Gasteiger partial charge in [-0.2, -0.15) is 0 Å². The zero-order valence-electron chi connectivity index (χ0n) is 15.5. The third kappa shape index (κ3) is 4.38. The van der Waals surface area contributed by atoms with Gasteiger partial charge in [-0.25, -0.2) is 0 Å². The third-order valence-corrected chi connectivity index (χ3v) is 4.39. The number of benzene rings is 2. The van der Waals surface area contributed by atoms with E-state index in [1.165, 1.54) is 17.7 Å². The van der Waals surface area contributed by atoms with Crippen LogP contribution in [0.3, 0.4) is 0 Å². The summed E-state index contributed by atoms with van der Waals surface area (Å²) in [7, 11) is 0. The highest BCUT2D eigenvalue weighted by Crippen LogP contribution is 2.27. The highest BCUT2D eigenvalue weighted by atomic mass is 16.6. The summed E-state index contributed by atoms with van der Waals surface area (Å²) in [4.78, 5) is 10.3. The number of hydrogen-bond acceptors (Lipinski definition) is 6. The summed E-state index contributed by atoms with van der Waals surface area (Å²) in [6.45, 7) is 6.30. The summed E-state index contributed by atoms with van der Waals surface area (Å²) in [6.07, 6.45) is 0. The zero-order valence-corrected chi connectivity index (χ0v) is 15.5. The number of non-ortho nitro benzene ring substituents is 1. The molecular weight excluding hydrogens is 344 g/mol. The van der Waals surface area contributed by atoms with E-state index in [2.05, 4.69) is 41.5 Å². The topological polar surface area (TPSA) is 94.1 Å². The lowest BCUT2D eigenvalue weighted by Crippen LogP contribution is -2.28. The molecule has 2 atom stereocenters. The van der Waals surface area contributed by atoms with E-state index in [-0.39, 0.29) is 17.8 Å². The summed E-state index contributed by atoms with van der Waals surface area (Å²) in [5.74, 6) is 1.20. The molecule has 140 valence electrons. The van der Waals surface area contributed by atoms with E-state index < -0.39 is 4.92 Å². The van der Waals surface area contributed by atoms with Crippen LogP contribution < -0.4 is 5.32 Å². The molecule has 7 nitrogen and oxygen atoms in total. The molecule has 3 rings (SSSR count). The highest BCUT2D eigenvalue weighted by molar-refractivity contribution is 5.55. The van der Waals surface area contributed by atoms with E-state index in [1.54, 1.807) is 12.1 Å². The Morgan fingerprint density at radius 1 is 1.00 bits per heavy atom. The minimum atomic E-state index is -0.440. The molecule has 7 heteroatoms. The van der Waals surface area contributed by atoms with Gasteiger partial charge < -0.3 is 4.42 Å². The predicted octanol–water partition coefficient (Wildman–Crippen LogP) is 4.69. The van der Waals surface area contributed by atoms with Crippen LogP contribution in [-0.2, 0) is 0 Å². The first-order valence-electron chi connectivity index (χ1n) is 8.85. The molecule has 0 fully saturated rings. The second kappa shape index (κ2) is 8.09. The highest BCUT2D eigenvalue weighted by Gasteiger charge is 2.22. The average Bonchev–Trinajstić information content (AvgIpc) is 3.17. The van der Waals surface area contributed by atoms with Crippen molar-refractivity contribution < 1.29 is 9.34 Å². The maximum Gasteiger partial charge on any atom is 0.269 e. The van der Waals surface area contributed by atoms with Crippen LogP contribution >= 0.6 is 0 Å². The lowest BCUT2D eigenvalue weighted by Gasteiger charge is -2.25. The maximum absolute atomic E-state index is 10.8. The second-order valence-corrected chi connectivity index (χ2v) is 6.77. The fraction of sp³-hybridized carbons (Fsp3) is 0.300. The van der Waals surface area contributed by atoms with Gasteiger partial charge in [0, 0.05) is 23.7 Å². The van der Waals surface area contributed by atoms with Crippen LogP contribution in [-0.4, -0.2) is 15.1 Å². The number of nitrogens with one attached hydrogen (secondary N) is 1. The van der Waals surface area contributed by atoms with Crippen molar-refractivity contribution in [3.8, 4) is 11.5 Å². The van der Waals surface area contributed by atoms with Crippen LogP contribution in [0.15, 0.2) is 59.0 Å². The Morgan fingerprint density at radius 3 is 2.26 bits per heavy atom. The first kappa shape index (κ1) is 18.7. The Hall–Kier alpha value is -3.06. The first-order chi connectivity index (χ1) is 13.0. The van der Waals surface area contributed by atoms with Gasteiger partial charge >= 0.3 is 0 Å². The Balaban J connectivity index is 1.76. The van der Waals surface area contributed by atoms with Crippen molar-refractivity contribution in [2.24, 2.45) is 5.92 Å². The van der Waals surface area contributed by atoms with Crippen molar-refractivity contribution in [1.82, 2.24) is 15.5 Å². The van der Waals surface area contributed by atoms with E-state index in [4.69, 9.17) is 4.42 Å². The summed E-state index contributed by atoms with van der Waals surface area (Å²) >= 11 is 0. The Kier molecular flexibility index (Phi) is 5.61. The number of nitro groups is 1. The standard InChI is InChI=1S/C20H22N4O3/c1-13(2)18(15-7-5-4-6-8-15)21-14(3)19-22-23-20(27-19)16-9-11-17(12-10-16)24(25)26/h4-14,18,21H,1-3H3/t14-,18+/m0/s1. The lowest BCUT2D eigenvalue weighted by atomic mass is 9.95. The van der Waals surface area contributed by atoms with Crippen molar-refractivity contribution in [3.05, 3.63) is 76.2 Å². The molecule has 1 N–H and O–H groups in total. The minimum Gasteiger partial charge on any atom is -0.419 e. The maximum atomic E-state index is 10.8. The largest absolute Gasteiger partial charge is 0.419 e. The van der Waals surface area contributed by atoms with E-state index in [0.717, 1.165) is 0 Å². The molecule has 27 heavy (non-hydrogen) atoms. The van der Waals surface area contributed by atoms with Crippen LogP contribution in [0.4, 0.5) is 5.69 Å². The molecule has 0 spiro atoms. The molecular formula is C20H22N4O3. The molecule has 2 aromatic carbocycles. The van der Waals surface area contributed by atoms with Crippen molar-refractivity contribution in [2.45, 2.75) is 32.9 Å². The van der Waals surface area contributed by atoms with Crippen LogP contribution in [0.25, 0.3) is 11.5 Å². The molecule has 3 aromatic rings. The molecule has 0 saturated carbocycles. The monoisotopic (exact) mass is 366 g/mol. The number of rotatable bonds is 7. The van der Waals surface area contributed by atoms with Gasteiger partial charge in [0.1, 0.15) is 0 Å². The molecule has 0 aliphatic rings. The lowest BCUT2D eigenvalue weighted by molar-refractivity contribution is -0.384. The fourth-order valence-electron chi connectivity index (χ4n) is 2.93. The van der Waals surface area contributed by atoms with Crippen LogP contribution in [0.5, 0.6) is 0 Å². The van der Waals surface area contributed by atoms with E-state index >= 15 is 0 Å². The minimum absolute atomic E-state index is 0.0242. The normalized spacial score (nSPS) is 13.5. The molecule has 0 unspecified atom stereocenters. The average molecular weight is 366 g/mol. The molecule has 0 radical (unpaired) electrons. The predicted molar refractivity (Wildman–Crippen MR) is 102 cm³/mol. The number of hydrogen-bond donors (Lipinski definition) is 1. The Bertz CT molecular complexity index is 891. The van der Waals surface area contributed by atoms with Crippen molar-refractivity contribution >= 4 is 5.69 Å². The Morgan fingerprint density at radius 2 is 1.67 bits per heavy atom. The Labute approximate surface area is 157 Å². The van der Waals surface area contributed by atoms with Gasteiger partial charge in [0.15, 0.2) is 0 Å². The fourth-order valence-corrected chi connectivity index (χ4v) is 2.93. The van der Waals surface area contributed by atoms with Gasteiger partial charge in [0.05, 0.1) is 11.0 Å². The molecule has 0 bridgehead atoms. The van der Waals surface area contributed by atoms with Crippen LogP contribution in [0.2, 0.25) is 0 Å². The SMILES string of the molecule is CC(C)[C@@H](N[C@@H](C)c1nnc(-c2ccc([N+](=O)[O-])cc2)o1)c1ccccc1. The van der Waals surface area contributed by atoms with Gasteiger partial charge in [-0.3, -0.25) is 15.4 Å². The van der Waals surface area contributed by atoms with Crippen molar-refractivity contribution in [1.29, 1.82) is 0 Å². The second-order valence-electron chi connectivity index (χ2n) is 6.77. The molecule has 0 aliphatic carbocycles. The van der Waals surface area contributed by atoms with Crippen molar-refractivity contribution in [3.63, 3.8) is 0 Å². The third-order valence-electron chi connectivity index (χ3n) is 4.39. The van der Waals surface area contributed by atoms with Gasteiger partial charge in [-0.15, -0.1) is 10.2 Å². The summed E-state index contributed by atoms with van der Waals surface area (Å²) < 4.78 is 5.79. The number of nitrogens with zero attached hydrogens (tertiary/aromatic N) is 3. The number of aromatic nitrogens is 2. The summed E-state index contributed by atoms with van der Waals surface area (Å²) in [5.41, 5.74) is 1.88. The van der Waals surface area contributed by atoms with E-state index in [0.29, 0.717) is 23.3 Å².